The highest BCUT2D eigenvalue weighted by molar-refractivity contribution is 7.99. The Kier molecular flexibility index (Phi) is 4.63. The minimum absolute atomic E-state index is 0.0628. The number of anilines is 1. The second-order valence-electron chi connectivity index (χ2n) is 5.61. The fourth-order valence-electron chi connectivity index (χ4n) is 2.87. The molecule has 3 rings (SSSR count). The van der Waals surface area contributed by atoms with E-state index in [4.69, 9.17) is 0 Å². The molecule has 5 nitrogen and oxygen atoms in total. The van der Waals surface area contributed by atoms with Crippen LogP contribution in [0.3, 0.4) is 0 Å². The topological polar surface area (TPSA) is 49.3 Å². The average molecular weight is 306 g/mol. The van der Waals surface area contributed by atoms with Crippen LogP contribution in [0.5, 0.6) is 0 Å². The molecule has 0 atom stereocenters. The molecule has 2 fully saturated rings. The van der Waals surface area contributed by atoms with Crippen molar-refractivity contribution >= 4 is 23.5 Å². The molecule has 114 valence electrons. The van der Waals surface area contributed by atoms with E-state index in [0.29, 0.717) is 11.5 Å². The van der Waals surface area contributed by atoms with Gasteiger partial charge in [-0.2, -0.15) is 11.8 Å². The summed E-state index contributed by atoms with van der Waals surface area (Å²) in [6, 6.07) is 1.87. The van der Waals surface area contributed by atoms with Crippen LogP contribution in [0.1, 0.15) is 35.6 Å². The summed E-state index contributed by atoms with van der Waals surface area (Å²) in [5.41, 5.74) is 0.553. The second kappa shape index (κ2) is 6.64. The number of thioether (sulfide) groups is 1. The molecule has 3 heterocycles. The van der Waals surface area contributed by atoms with E-state index in [9.17, 15) is 4.79 Å². The summed E-state index contributed by atoms with van der Waals surface area (Å²) in [4.78, 5) is 25.7. The van der Waals surface area contributed by atoms with Crippen LogP contribution in [0, 0.1) is 6.92 Å². The highest BCUT2D eigenvalue weighted by atomic mass is 32.2. The fraction of sp³-hybridized carbons (Fsp3) is 0.667. The second-order valence-corrected chi connectivity index (χ2v) is 6.84. The highest BCUT2D eigenvalue weighted by Crippen LogP contribution is 2.20. The lowest BCUT2D eigenvalue weighted by molar-refractivity contribution is 0.0718. The molecule has 0 radical (unpaired) electrons. The van der Waals surface area contributed by atoms with E-state index in [0.717, 1.165) is 56.3 Å². The zero-order valence-corrected chi connectivity index (χ0v) is 13.4. The van der Waals surface area contributed by atoms with Gasteiger partial charge in [0.2, 0.25) is 0 Å². The quantitative estimate of drug-likeness (QED) is 0.836. The van der Waals surface area contributed by atoms with Gasteiger partial charge in [-0.1, -0.05) is 0 Å². The summed E-state index contributed by atoms with van der Waals surface area (Å²) >= 11 is 1.97. The van der Waals surface area contributed by atoms with Crippen LogP contribution in [-0.2, 0) is 0 Å². The first-order valence-electron chi connectivity index (χ1n) is 7.72. The first kappa shape index (κ1) is 14.6. The Hall–Kier alpha value is -1.30. The van der Waals surface area contributed by atoms with E-state index < -0.39 is 0 Å². The van der Waals surface area contributed by atoms with Crippen molar-refractivity contribution < 1.29 is 4.79 Å². The van der Waals surface area contributed by atoms with Gasteiger partial charge in [0.05, 0.1) is 0 Å². The molecule has 1 aromatic rings. The van der Waals surface area contributed by atoms with Crippen molar-refractivity contribution in [1.29, 1.82) is 0 Å². The Labute approximate surface area is 130 Å². The lowest BCUT2D eigenvalue weighted by Crippen LogP contribution is -2.37. The normalized spacial score (nSPS) is 19.7. The predicted octanol–water partition coefficient (Wildman–Crippen LogP) is 1.96. The van der Waals surface area contributed by atoms with E-state index in [1.54, 1.807) is 0 Å². The zero-order chi connectivity index (χ0) is 14.7. The number of aromatic nitrogens is 2. The van der Waals surface area contributed by atoms with E-state index >= 15 is 0 Å². The summed E-state index contributed by atoms with van der Waals surface area (Å²) in [5, 5.41) is 0. The Balaban J connectivity index is 1.81. The Morgan fingerprint density at radius 2 is 1.81 bits per heavy atom. The van der Waals surface area contributed by atoms with Crippen LogP contribution in [0.15, 0.2) is 6.07 Å². The minimum atomic E-state index is 0.0628. The first-order valence-corrected chi connectivity index (χ1v) is 8.87. The van der Waals surface area contributed by atoms with E-state index in [2.05, 4.69) is 14.9 Å². The SMILES string of the molecule is Cc1nc(C(=O)N2CCCCC2)cc(N2CCSCC2)n1. The summed E-state index contributed by atoms with van der Waals surface area (Å²) < 4.78 is 0. The van der Waals surface area contributed by atoms with Crippen molar-refractivity contribution in [2.75, 3.05) is 42.6 Å². The number of nitrogens with zero attached hydrogens (tertiary/aromatic N) is 4. The number of hydrogen-bond acceptors (Lipinski definition) is 5. The van der Waals surface area contributed by atoms with Gasteiger partial charge in [0.1, 0.15) is 17.3 Å². The predicted molar refractivity (Wildman–Crippen MR) is 86.1 cm³/mol. The molecule has 1 amide bonds. The van der Waals surface area contributed by atoms with Gasteiger partial charge in [0.15, 0.2) is 0 Å². The Bertz CT molecular complexity index is 510. The van der Waals surface area contributed by atoms with Crippen LogP contribution in [0.25, 0.3) is 0 Å². The smallest absolute Gasteiger partial charge is 0.272 e. The number of rotatable bonds is 2. The molecule has 0 unspecified atom stereocenters. The van der Waals surface area contributed by atoms with Gasteiger partial charge in [0, 0.05) is 43.8 Å². The highest BCUT2D eigenvalue weighted by Gasteiger charge is 2.22. The molecule has 0 saturated carbocycles. The van der Waals surface area contributed by atoms with Gasteiger partial charge >= 0.3 is 0 Å². The van der Waals surface area contributed by atoms with Crippen molar-refractivity contribution in [3.63, 3.8) is 0 Å². The summed E-state index contributed by atoms with van der Waals surface area (Å²) in [5.74, 6) is 3.90. The number of carbonyl (C=O) groups is 1. The van der Waals surface area contributed by atoms with Gasteiger partial charge in [-0.05, 0) is 26.2 Å². The molecular formula is C15H22N4OS. The lowest BCUT2D eigenvalue weighted by Gasteiger charge is -2.29. The molecule has 1 aromatic heterocycles. The molecule has 6 heteroatoms. The number of hydrogen-bond donors (Lipinski definition) is 0. The van der Waals surface area contributed by atoms with Crippen LogP contribution in [-0.4, -0.2) is 58.5 Å². The number of likely N-dealkylation sites (tertiary alicyclic amines) is 1. The van der Waals surface area contributed by atoms with Crippen LogP contribution in [0.2, 0.25) is 0 Å². The van der Waals surface area contributed by atoms with Crippen molar-refractivity contribution in [3.8, 4) is 0 Å². The van der Waals surface area contributed by atoms with Gasteiger partial charge < -0.3 is 9.80 Å². The minimum Gasteiger partial charge on any atom is -0.355 e. The van der Waals surface area contributed by atoms with Gasteiger partial charge in [-0.25, -0.2) is 9.97 Å². The Morgan fingerprint density at radius 1 is 1.10 bits per heavy atom. The van der Waals surface area contributed by atoms with Crippen LogP contribution < -0.4 is 4.90 Å². The first-order chi connectivity index (χ1) is 10.2. The van der Waals surface area contributed by atoms with Crippen molar-refractivity contribution in [2.24, 2.45) is 0 Å². The third-order valence-electron chi connectivity index (χ3n) is 4.02. The molecule has 2 aliphatic rings. The molecule has 0 aromatic carbocycles. The Morgan fingerprint density at radius 3 is 2.52 bits per heavy atom. The van der Waals surface area contributed by atoms with Gasteiger partial charge in [-0.3, -0.25) is 4.79 Å². The molecule has 0 N–H and O–H groups in total. The zero-order valence-electron chi connectivity index (χ0n) is 12.5. The fourth-order valence-corrected chi connectivity index (χ4v) is 3.78. The number of amides is 1. The van der Waals surface area contributed by atoms with Gasteiger partial charge in [-0.15, -0.1) is 0 Å². The van der Waals surface area contributed by atoms with Crippen LogP contribution >= 0.6 is 11.8 Å². The van der Waals surface area contributed by atoms with Crippen molar-refractivity contribution in [1.82, 2.24) is 14.9 Å². The van der Waals surface area contributed by atoms with Crippen molar-refractivity contribution in [3.05, 3.63) is 17.6 Å². The van der Waals surface area contributed by atoms with E-state index in [1.165, 1.54) is 6.42 Å². The van der Waals surface area contributed by atoms with Crippen molar-refractivity contribution in [2.45, 2.75) is 26.2 Å². The maximum absolute atomic E-state index is 12.6. The third-order valence-corrected chi connectivity index (χ3v) is 4.96. The van der Waals surface area contributed by atoms with Gasteiger partial charge in [0.25, 0.3) is 5.91 Å². The molecule has 0 bridgehead atoms. The van der Waals surface area contributed by atoms with E-state index in [-0.39, 0.29) is 5.91 Å². The average Bonchev–Trinajstić information content (AvgIpc) is 2.55. The third kappa shape index (κ3) is 3.48. The maximum Gasteiger partial charge on any atom is 0.272 e. The maximum atomic E-state index is 12.6. The summed E-state index contributed by atoms with van der Waals surface area (Å²) in [6.07, 6.45) is 3.43. The number of piperidine rings is 1. The summed E-state index contributed by atoms with van der Waals surface area (Å²) in [7, 11) is 0. The largest absolute Gasteiger partial charge is 0.355 e. The number of aryl methyl sites for hydroxylation is 1. The molecule has 0 aliphatic carbocycles. The lowest BCUT2D eigenvalue weighted by atomic mass is 10.1. The molecular weight excluding hydrogens is 284 g/mol. The molecule has 2 saturated heterocycles. The summed E-state index contributed by atoms with van der Waals surface area (Å²) in [6.45, 7) is 5.58. The van der Waals surface area contributed by atoms with Crippen LogP contribution in [0.4, 0.5) is 5.82 Å². The van der Waals surface area contributed by atoms with E-state index in [1.807, 2.05) is 29.7 Å². The molecule has 21 heavy (non-hydrogen) atoms. The standard InChI is InChI=1S/C15H22N4OS/c1-12-16-13(15(20)19-5-3-2-4-6-19)11-14(17-12)18-7-9-21-10-8-18/h11H,2-10H2,1H3. The monoisotopic (exact) mass is 306 g/mol. The molecule has 2 aliphatic heterocycles. The molecule has 0 spiro atoms. The number of carbonyl (C=O) groups excluding carboxylic acids is 1.